The van der Waals surface area contributed by atoms with Crippen LogP contribution in [0, 0.1) is 10.8 Å². The van der Waals surface area contributed by atoms with Crippen LogP contribution in [0.4, 0.5) is 0 Å². The van der Waals surface area contributed by atoms with E-state index in [1.54, 1.807) is 19.1 Å². The summed E-state index contributed by atoms with van der Waals surface area (Å²) >= 11 is 0. The maximum atomic E-state index is 13.6. The number of carboxylic acid groups (broad SMARTS) is 1. The number of carbonyl (C=O) groups is 3. The van der Waals surface area contributed by atoms with E-state index in [1.165, 1.54) is 0 Å². The van der Waals surface area contributed by atoms with E-state index in [-0.39, 0.29) is 28.0 Å². The van der Waals surface area contributed by atoms with E-state index in [0.29, 0.717) is 48.5 Å². The van der Waals surface area contributed by atoms with Crippen molar-refractivity contribution in [3.05, 3.63) is 51.9 Å². The molecule has 0 radical (unpaired) electrons. The Morgan fingerprint density at radius 1 is 0.971 bits per heavy atom. The minimum absolute atomic E-state index is 0.0460. The minimum Gasteiger partial charge on any atom is -0.493 e. The zero-order chi connectivity index (χ0) is 25.0. The summed E-state index contributed by atoms with van der Waals surface area (Å²) in [6, 6.07) is 5.07. The summed E-state index contributed by atoms with van der Waals surface area (Å²) in [5.41, 5.74) is 3.66. The Bertz CT molecular complexity index is 1080. The second-order valence-electron chi connectivity index (χ2n) is 11.3. The number of rotatable bonds is 5. The van der Waals surface area contributed by atoms with Gasteiger partial charge < -0.3 is 14.7 Å². The Balaban J connectivity index is 1.99. The summed E-state index contributed by atoms with van der Waals surface area (Å²) in [4.78, 5) is 41.5. The zero-order valence-electron chi connectivity index (χ0n) is 21.1. The molecule has 0 amide bonds. The first-order valence-corrected chi connectivity index (χ1v) is 12.2. The Morgan fingerprint density at radius 2 is 1.50 bits per heavy atom. The van der Waals surface area contributed by atoms with Gasteiger partial charge in [0.15, 0.2) is 11.6 Å². The first-order valence-electron chi connectivity index (χ1n) is 12.2. The van der Waals surface area contributed by atoms with Crippen LogP contribution in [0.5, 0.6) is 5.75 Å². The van der Waals surface area contributed by atoms with Crippen LogP contribution in [0.25, 0.3) is 0 Å². The normalized spacial score (nSPS) is 22.0. The molecular weight excluding hydrogens is 430 g/mol. The SMILES string of the molecule is CCOc1ccc(C2C3=C(CC(C)(C)CC3=O)N(CC)C3=C2C(=O)CC(C)(C)C3)cc1C(=O)O. The number of nitrogens with zero attached hydrogens (tertiary/aromatic N) is 1. The molecule has 3 aliphatic rings. The quantitative estimate of drug-likeness (QED) is 0.619. The van der Waals surface area contributed by atoms with E-state index in [4.69, 9.17) is 4.74 Å². The van der Waals surface area contributed by atoms with Crippen molar-refractivity contribution in [3.8, 4) is 5.75 Å². The zero-order valence-corrected chi connectivity index (χ0v) is 21.1. The summed E-state index contributed by atoms with van der Waals surface area (Å²) in [7, 11) is 0. The van der Waals surface area contributed by atoms with E-state index in [2.05, 4.69) is 39.5 Å². The lowest BCUT2D eigenvalue weighted by Crippen LogP contribution is -2.44. The molecule has 0 atom stereocenters. The second kappa shape index (κ2) is 8.40. The van der Waals surface area contributed by atoms with Gasteiger partial charge in [0.1, 0.15) is 11.3 Å². The first-order chi connectivity index (χ1) is 15.9. The fourth-order valence-corrected chi connectivity index (χ4v) is 5.94. The monoisotopic (exact) mass is 465 g/mol. The Labute approximate surface area is 201 Å². The number of carbonyl (C=O) groups excluding carboxylic acids is 2. The average molecular weight is 466 g/mol. The summed E-state index contributed by atoms with van der Waals surface area (Å²) < 4.78 is 5.54. The third kappa shape index (κ3) is 4.08. The van der Waals surface area contributed by atoms with Gasteiger partial charge in [-0.25, -0.2) is 4.79 Å². The van der Waals surface area contributed by atoms with Crippen LogP contribution < -0.4 is 4.74 Å². The highest BCUT2D eigenvalue weighted by atomic mass is 16.5. The topological polar surface area (TPSA) is 83.9 Å². The van der Waals surface area contributed by atoms with Gasteiger partial charge in [-0.2, -0.15) is 0 Å². The molecule has 2 aliphatic carbocycles. The molecule has 1 aromatic carbocycles. The minimum atomic E-state index is -1.09. The fraction of sp³-hybridized carbons (Fsp3) is 0.536. The number of hydrogen-bond donors (Lipinski definition) is 1. The van der Waals surface area contributed by atoms with Gasteiger partial charge in [0.05, 0.1) is 6.61 Å². The van der Waals surface area contributed by atoms with Crippen LogP contribution in [0.1, 0.15) is 89.1 Å². The van der Waals surface area contributed by atoms with E-state index in [9.17, 15) is 19.5 Å². The molecule has 1 heterocycles. The van der Waals surface area contributed by atoms with Crippen molar-refractivity contribution in [1.82, 2.24) is 4.90 Å². The molecule has 4 rings (SSSR count). The largest absolute Gasteiger partial charge is 0.493 e. The van der Waals surface area contributed by atoms with Crippen molar-refractivity contribution in [3.63, 3.8) is 0 Å². The van der Waals surface area contributed by atoms with Crippen molar-refractivity contribution < 1.29 is 24.2 Å². The number of ether oxygens (including phenoxy) is 1. The van der Waals surface area contributed by atoms with Gasteiger partial charge in [0.25, 0.3) is 0 Å². The van der Waals surface area contributed by atoms with Crippen molar-refractivity contribution in [1.29, 1.82) is 0 Å². The summed E-state index contributed by atoms with van der Waals surface area (Å²) in [5, 5.41) is 9.86. The number of Topliss-reactive ketones (excluding diaryl/α,β-unsaturated/α-hetero) is 2. The molecule has 0 saturated carbocycles. The van der Waals surface area contributed by atoms with E-state index < -0.39 is 11.9 Å². The van der Waals surface area contributed by atoms with Gasteiger partial charge >= 0.3 is 5.97 Å². The Hall–Kier alpha value is -2.89. The van der Waals surface area contributed by atoms with E-state index >= 15 is 0 Å². The van der Waals surface area contributed by atoms with Crippen molar-refractivity contribution >= 4 is 17.5 Å². The molecule has 0 unspecified atom stereocenters. The molecular formula is C28H35NO5. The number of carboxylic acids is 1. The van der Waals surface area contributed by atoms with Gasteiger partial charge in [-0.3, -0.25) is 9.59 Å². The predicted octanol–water partition coefficient (Wildman–Crippen LogP) is 5.49. The second-order valence-corrected chi connectivity index (χ2v) is 11.3. The van der Waals surface area contributed by atoms with Crippen LogP contribution >= 0.6 is 0 Å². The maximum Gasteiger partial charge on any atom is 0.339 e. The molecule has 0 spiro atoms. The lowest BCUT2D eigenvalue weighted by Gasteiger charge is -2.49. The lowest BCUT2D eigenvalue weighted by molar-refractivity contribution is -0.119. The molecule has 0 saturated heterocycles. The molecule has 182 valence electrons. The van der Waals surface area contributed by atoms with Crippen LogP contribution in [-0.4, -0.2) is 40.7 Å². The number of benzene rings is 1. The van der Waals surface area contributed by atoms with E-state index in [0.717, 1.165) is 24.2 Å². The van der Waals surface area contributed by atoms with Gasteiger partial charge in [-0.05, 0) is 55.2 Å². The van der Waals surface area contributed by atoms with Crippen molar-refractivity contribution in [2.45, 2.75) is 73.1 Å². The molecule has 34 heavy (non-hydrogen) atoms. The summed E-state index contributed by atoms with van der Waals surface area (Å²) in [6.45, 7) is 13.3. The third-order valence-corrected chi connectivity index (χ3v) is 7.21. The van der Waals surface area contributed by atoms with E-state index in [1.807, 2.05) is 6.07 Å². The predicted molar refractivity (Wildman–Crippen MR) is 130 cm³/mol. The van der Waals surface area contributed by atoms with Crippen LogP contribution in [0.3, 0.4) is 0 Å². The molecule has 1 aliphatic heterocycles. The number of hydrogen-bond acceptors (Lipinski definition) is 5. The smallest absolute Gasteiger partial charge is 0.339 e. The average Bonchev–Trinajstić information content (AvgIpc) is 2.71. The van der Waals surface area contributed by atoms with Gasteiger partial charge in [0.2, 0.25) is 0 Å². The number of allylic oxidation sites excluding steroid dienone is 4. The standard InChI is InChI=1S/C28H35NO5/c1-7-29-18-12-27(3,4)14-20(30)24(18)23(25-19(29)13-28(5,6)15-21(25)31)16-9-10-22(34-8-2)17(11-16)26(32)33/h9-11,23H,7-8,12-15H2,1-6H3,(H,32,33). The molecule has 0 bridgehead atoms. The van der Waals surface area contributed by atoms with Gasteiger partial charge in [-0.15, -0.1) is 0 Å². The lowest BCUT2D eigenvalue weighted by atomic mass is 9.63. The van der Waals surface area contributed by atoms with Crippen LogP contribution in [0.15, 0.2) is 40.7 Å². The first kappa shape index (κ1) is 24.2. The third-order valence-electron chi connectivity index (χ3n) is 7.21. The van der Waals surface area contributed by atoms with Crippen LogP contribution in [0.2, 0.25) is 0 Å². The van der Waals surface area contributed by atoms with Gasteiger partial charge in [0, 0.05) is 47.8 Å². The molecule has 0 fully saturated rings. The molecule has 6 heteroatoms. The molecule has 6 nitrogen and oxygen atoms in total. The van der Waals surface area contributed by atoms with Crippen LogP contribution in [-0.2, 0) is 9.59 Å². The summed E-state index contributed by atoms with van der Waals surface area (Å²) in [6.07, 6.45) is 2.30. The highest BCUT2D eigenvalue weighted by molar-refractivity contribution is 6.07. The number of aromatic carboxylic acids is 1. The molecule has 1 N–H and O–H groups in total. The van der Waals surface area contributed by atoms with Crippen molar-refractivity contribution in [2.75, 3.05) is 13.2 Å². The molecule has 1 aromatic rings. The highest BCUT2D eigenvalue weighted by Gasteiger charge is 2.48. The fourth-order valence-electron chi connectivity index (χ4n) is 5.94. The maximum absolute atomic E-state index is 13.6. The highest BCUT2D eigenvalue weighted by Crippen LogP contribution is 2.54. The Morgan fingerprint density at radius 3 is 1.94 bits per heavy atom. The number of ketones is 2. The Kier molecular flexibility index (Phi) is 5.99. The molecule has 0 aromatic heterocycles. The van der Waals surface area contributed by atoms with Gasteiger partial charge in [-0.1, -0.05) is 33.8 Å². The van der Waals surface area contributed by atoms with Crippen molar-refractivity contribution in [2.24, 2.45) is 10.8 Å². The summed E-state index contributed by atoms with van der Waals surface area (Å²) in [5.74, 6) is -1.25.